The van der Waals surface area contributed by atoms with E-state index in [1.54, 1.807) is 14.0 Å². The van der Waals surface area contributed by atoms with Crippen molar-refractivity contribution in [3.63, 3.8) is 0 Å². The van der Waals surface area contributed by atoms with E-state index in [2.05, 4.69) is 19.8 Å². The summed E-state index contributed by atoms with van der Waals surface area (Å²) in [6.07, 6.45) is 1.43. The molecule has 0 aromatic carbocycles. The zero-order chi connectivity index (χ0) is 12.4. The van der Waals surface area contributed by atoms with E-state index in [1.807, 2.05) is 0 Å². The van der Waals surface area contributed by atoms with Gasteiger partial charge in [-0.05, 0) is 6.92 Å². The monoisotopic (exact) mass is 236 g/mol. The van der Waals surface area contributed by atoms with Crippen LogP contribution in [0.2, 0.25) is 0 Å². The fourth-order valence-electron chi connectivity index (χ4n) is 1.48. The lowest BCUT2D eigenvalue weighted by atomic mass is 10.2. The molecule has 0 bridgehead atoms. The molecule has 7 heteroatoms. The molecule has 0 aliphatic carbocycles. The minimum Gasteiger partial charge on any atom is -0.465 e. The first-order valence-corrected chi connectivity index (χ1v) is 4.96. The number of methoxy groups -OCH3 is 2. The maximum Gasteiger partial charge on any atom is 0.341 e. The molecule has 0 unspecified atom stereocenters. The first-order valence-electron chi connectivity index (χ1n) is 4.96. The van der Waals surface area contributed by atoms with E-state index < -0.39 is 5.97 Å². The second-order valence-electron chi connectivity index (χ2n) is 3.42. The Morgan fingerprint density at radius 1 is 1.47 bits per heavy atom. The van der Waals surface area contributed by atoms with Crippen molar-refractivity contribution in [2.45, 2.75) is 13.5 Å². The molecule has 0 aliphatic heterocycles. The van der Waals surface area contributed by atoms with Gasteiger partial charge in [0, 0.05) is 13.3 Å². The quantitative estimate of drug-likeness (QED) is 0.716. The van der Waals surface area contributed by atoms with Crippen LogP contribution in [0.3, 0.4) is 0 Å². The van der Waals surface area contributed by atoms with E-state index in [4.69, 9.17) is 4.74 Å². The SMILES string of the molecule is COCc1nc2ncc(C(=O)OC)c(C)n2n1. The van der Waals surface area contributed by atoms with E-state index in [9.17, 15) is 4.79 Å². The molecule has 0 saturated heterocycles. The average Bonchev–Trinajstić information content (AvgIpc) is 2.73. The van der Waals surface area contributed by atoms with Gasteiger partial charge in [0.1, 0.15) is 6.61 Å². The van der Waals surface area contributed by atoms with Crippen LogP contribution < -0.4 is 0 Å². The van der Waals surface area contributed by atoms with Crippen LogP contribution in [-0.4, -0.2) is 39.8 Å². The third kappa shape index (κ3) is 1.96. The molecule has 17 heavy (non-hydrogen) atoms. The topological polar surface area (TPSA) is 78.6 Å². The van der Waals surface area contributed by atoms with Gasteiger partial charge in [-0.1, -0.05) is 0 Å². The highest BCUT2D eigenvalue weighted by molar-refractivity contribution is 5.90. The number of fused-ring (bicyclic) bond motifs is 1. The molecule has 2 heterocycles. The second kappa shape index (κ2) is 4.46. The van der Waals surface area contributed by atoms with Crippen LogP contribution in [0.25, 0.3) is 5.78 Å². The molecule has 7 nitrogen and oxygen atoms in total. The number of nitrogens with zero attached hydrogens (tertiary/aromatic N) is 4. The molecule has 0 fully saturated rings. The van der Waals surface area contributed by atoms with Gasteiger partial charge in [-0.25, -0.2) is 14.3 Å². The zero-order valence-corrected chi connectivity index (χ0v) is 9.80. The summed E-state index contributed by atoms with van der Waals surface area (Å²) in [6.45, 7) is 2.06. The van der Waals surface area contributed by atoms with Crippen molar-refractivity contribution in [1.29, 1.82) is 0 Å². The van der Waals surface area contributed by atoms with Crippen molar-refractivity contribution in [2.75, 3.05) is 14.2 Å². The molecule has 2 aromatic rings. The standard InChI is InChI=1S/C10H12N4O3/c1-6-7(9(15)17-3)4-11-10-12-8(5-16-2)13-14(6)10/h4H,5H2,1-3H3. The fourth-order valence-corrected chi connectivity index (χ4v) is 1.48. The molecule has 0 atom stereocenters. The van der Waals surface area contributed by atoms with Crippen LogP contribution in [-0.2, 0) is 16.1 Å². The van der Waals surface area contributed by atoms with Gasteiger partial charge in [0.2, 0.25) is 0 Å². The number of carbonyl (C=O) groups excluding carboxylic acids is 1. The summed E-state index contributed by atoms with van der Waals surface area (Å²) < 4.78 is 11.1. The Morgan fingerprint density at radius 3 is 2.88 bits per heavy atom. The molecule has 0 aliphatic rings. The van der Waals surface area contributed by atoms with Crippen molar-refractivity contribution in [3.8, 4) is 0 Å². The number of aryl methyl sites for hydroxylation is 1. The minimum atomic E-state index is -0.444. The third-order valence-electron chi connectivity index (χ3n) is 2.33. The van der Waals surface area contributed by atoms with Crippen LogP contribution in [0.5, 0.6) is 0 Å². The van der Waals surface area contributed by atoms with Gasteiger partial charge in [-0.15, -0.1) is 5.10 Å². The average molecular weight is 236 g/mol. The summed E-state index contributed by atoms with van der Waals surface area (Å²) in [4.78, 5) is 19.7. The van der Waals surface area contributed by atoms with Crippen molar-refractivity contribution < 1.29 is 14.3 Å². The van der Waals surface area contributed by atoms with Gasteiger partial charge in [0.05, 0.1) is 18.4 Å². The van der Waals surface area contributed by atoms with Crippen molar-refractivity contribution in [2.24, 2.45) is 0 Å². The highest BCUT2D eigenvalue weighted by Crippen LogP contribution is 2.10. The first-order chi connectivity index (χ1) is 8.17. The molecule has 2 aromatic heterocycles. The lowest BCUT2D eigenvalue weighted by molar-refractivity contribution is 0.0598. The Morgan fingerprint density at radius 2 is 2.24 bits per heavy atom. The van der Waals surface area contributed by atoms with Crippen LogP contribution in [0.15, 0.2) is 6.20 Å². The van der Waals surface area contributed by atoms with Crippen molar-refractivity contribution >= 4 is 11.7 Å². The Hall–Kier alpha value is -2.02. The third-order valence-corrected chi connectivity index (χ3v) is 2.33. The molecule has 0 amide bonds. The van der Waals surface area contributed by atoms with Crippen LogP contribution in [0.4, 0.5) is 0 Å². The number of carbonyl (C=O) groups is 1. The van der Waals surface area contributed by atoms with Gasteiger partial charge < -0.3 is 9.47 Å². The molecule has 0 saturated carbocycles. The minimum absolute atomic E-state index is 0.302. The Labute approximate surface area is 97.4 Å². The fraction of sp³-hybridized carbons (Fsp3) is 0.400. The van der Waals surface area contributed by atoms with Gasteiger partial charge in [0.15, 0.2) is 5.82 Å². The van der Waals surface area contributed by atoms with Crippen molar-refractivity contribution in [3.05, 3.63) is 23.3 Å². The molecular weight excluding hydrogens is 224 g/mol. The van der Waals surface area contributed by atoms with E-state index in [0.717, 1.165) is 0 Å². The lowest BCUT2D eigenvalue weighted by Crippen LogP contribution is -2.09. The smallest absolute Gasteiger partial charge is 0.341 e. The summed E-state index contributed by atoms with van der Waals surface area (Å²) >= 11 is 0. The molecule has 2 rings (SSSR count). The number of esters is 1. The highest BCUT2D eigenvalue weighted by Gasteiger charge is 2.15. The lowest BCUT2D eigenvalue weighted by Gasteiger charge is -2.03. The predicted molar refractivity (Wildman–Crippen MR) is 57.6 cm³/mol. The summed E-state index contributed by atoms with van der Waals surface area (Å²) in [5.41, 5.74) is 1.01. The van der Waals surface area contributed by atoms with Gasteiger partial charge in [0.25, 0.3) is 5.78 Å². The molecular formula is C10H12N4O3. The maximum atomic E-state index is 11.5. The first kappa shape index (κ1) is 11.5. The van der Waals surface area contributed by atoms with Gasteiger partial charge in [-0.3, -0.25) is 0 Å². The molecule has 0 radical (unpaired) electrons. The summed E-state index contributed by atoms with van der Waals surface area (Å²) in [6, 6.07) is 0. The zero-order valence-electron chi connectivity index (χ0n) is 9.80. The van der Waals surface area contributed by atoms with E-state index >= 15 is 0 Å². The Bertz CT molecular complexity index is 564. The molecule has 0 spiro atoms. The number of hydrogen-bond acceptors (Lipinski definition) is 6. The van der Waals surface area contributed by atoms with Crippen LogP contribution >= 0.6 is 0 Å². The molecule has 0 N–H and O–H groups in total. The van der Waals surface area contributed by atoms with E-state index in [0.29, 0.717) is 29.5 Å². The Kier molecular flexibility index (Phi) is 3.01. The number of ether oxygens (including phenoxy) is 2. The van der Waals surface area contributed by atoms with E-state index in [-0.39, 0.29) is 0 Å². The van der Waals surface area contributed by atoms with E-state index in [1.165, 1.54) is 17.8 Å². The van der Waals surface area contributed by atoms with Crippen molar-refractivity contribution in [1.82, 2.24) is 19.6 Å². The number of hydrogen-bond donors (Lipinski definition) is 0. The normalized spacial score (nSPS) is 10.8. The number of rotatable bonds is 3. The molecule has 90 valence electrons. The maximum absolute atomic E-state index is 11.5. The van der Waals surface area contributed by atoms with Gasteiger partial charge >= 0.3 is 5.97 Å². The summed E-state index contributed by atoms with van der Waals surface area (Å²) in [5, 5.41) is 4.19. The number of aromatic nitrogens is 4. The van der Waals surface area contributed by atoms with Crippen LogP contribution in [0, 0.1) is 6.92 Å². The van der Waals surface area contributed by atoms with Crippen LogP contribution in [0.1, 0.15) is 21.9 Å². The second-order valence-corrected chi connectivity index (χ2v) is 3.42. The predicted octanol–water partition coefficient (Wildman–Crippen LogP) is 0.366. The summed E-state index contributed by atoms with van der Waals surface area (Å²) in [7, 11) is 2.88. The largest absolute Gasteiger partial charge is 0.465 e. The van der Waals surface area contributed by atoms with Gasteiger partial charge in [-0.2, -0.15) is 4.98 Å². The highest BCUT2D eigenvalue weighted by atomic mass is 16.5. The summed E-state index contributed by atoms with van der Waals surface area (Å²) in [5.74, 6) is 0.507. The Balaban J connectivity index is 2.54.